The average Bonchev–Trinajstić information content (AvgIpc) is 3.02. The number of hydrogen-bond donors (Lipinski definition) is 1. The monoisotopic (exact) mass is 396 g/mol. The Morgan fingerprint density at radius 3 is 2.85 bits per heavy atom. The van der Waals surface area contributed by atoms with E-state index in [1.807, 2.05) is 0 Å². The van der Waals surface area contributed by atoms with E-state index in [2.05, 4.69) is 0 Å². The number of carbonyl (C=O) groups is 3. The normalized spacial score (nSPS) is 22.8. The van der Waals surface area contributed by atoms with Gasteiger partial charge in [-0.25, -0.2) is 0 Å². The Morgan fingerprint density at radius 1 is 1.37 bits per heavy atom. The Kier molecular flexibility index (Phi) is 5.86. The second kappa shape index (κ2) is 8.14. The number of methoxy groups -OCH3 is 1. The number of rotatable bonds is 5. The third kappa shape index (κ3) is 4.33. The minimum Gasteiger partial charge on any atom is -0.495 e. The van der Waals surface area contributed by atoms with Crippen LogP contribution in [0.25, 0.3) is 0 Å². The van der Waals surface area contributed by atoms with Crippen LogP contribution in [0.1, 0.15) is 12.8 Å². The van der Waals surface area contributed by atoms with Crippen molar-refractivity contribution < 1.29 is 29.0 Å². The van der Waals surface area contributed by atoms with Gasteiger partial charge in [-0.15, -0.1) is 0 Å². The molecule has 2 aliphatic rings. The molecule has 2 aliphatic heterocycles. The molecule has 3 rings (SSSR count). The molecule has 0 bridgehead atoms. The Morgan fingerprint density at radius 2 is 2.15 bits per heavy atom. The number of carboxylic acids is 1. The lowest BCUT2D eigenvalue weighted by atomic mass is 10.1. The number of hydrogen-bond acceptors (Lipinski definition) is 5. The number of benzene rings is 1. The predicted molar refractivity (Wildman–Crippen MR) is 97.0 cm³/mol. The first-order valence-electron chi connectivity index (χ1n) is 8.65. The zero-order valence-electron chi connectivity index (χ0n) is 14.9. The van der Waals surface area contributed by atoms with Crippen molar-refractivity contribution >= 4 is 35.1 Å². The third-order valence-electron chi connectivity index (χ3n) is 4.76. The van der Waals surface area contributed by atoms with Crippen LogP contribution < -0.4 is 9.64 Å². The van der Waals surface area contributed by atoms with Gasteiger partial charge in [0.1, 0.15) is 5.75 Å². The maximum absolute atomic E-state index is 12.9. The van der Waals surface area contributed by atoms with Crippen LogP contribution in [0.4, 0.5) is 5.69 Å². The maximum Gasteiger partial charge on any atom is 0.306 e. The topological polar surface area (TPSA) is 96.4 Å². The highest BCUT2D eigenvalue weighted by Gasteiger charge is 2.39. The third-order valence-corrected chi connectivity index (χ3v) is 4.99. The molecule has 27 heavy (non-hydrogen) atoms. The molecule has 2 heterocycles. The van der Waals surface area contributed by atoms with E-state index in [1.165, 1.54) is 12.0 Å². The van der Waals surface area contributed by atoms with Gasteiger partial charge in [-0.2, -0.15) is 0 Å². The van der Waals surface area contributed by atoms with Crippen LogP contribution in [0, 0.1) is 5.92 Å². The van der Waals surface area contributed by atoms with Crippen LogP contribution >= 0.6 is 11.6 Å². The van der Waals surface area contributed by atoms with E-state index < -0.39 is 18.0 Å². The smallest absolute Gasteiger partial charge is 0.306 e. The van der Waals surface area contributed by atoms with Crippen molar-refractivity contribution in [3.8, 4) is 5.75 Å². The quantitative estimate of drug-likeness (QED) is 0.808. The molecule has 1 aromatic rings. The van der Waals surface area contributed by atoms with Crippen molar-refractivity contribution in [2.75, 3.05) is 38.3 Å². The van der Waals surface area contributed by atoms with E-state index in [9.17, 15) is 14.4 Å². The Labute approximate surface area is 161 Å². The largest absolute Gasteiger partial charge is 0.495 e. The van der Waals surface area contributed by atoms with Gasteiger partial charge in [-0.05, 0) is 18.2 Å². The van der Waals surface area contributed by atoms with Gasteiger partial charge >= 0.3 is 5.97 Å². The van der Waals surface area contributed by atoms with Gasteiger partial charge in [0.25, 0.3) is 0 Å². The van der Waals surface area contributed by atoms with Crippen LogP contribution in [0.15, 0.2) is 18.2 Å². The second-order valence-electron chi connectivity index (χ2n) is 6.60. The zero-order chi connectivity index (χ0) is 19.6. The van der Waals surface area contributed by atoms with Gasteiger partial charge < -0.3 is 24.4 Å². The molecule has 2 saturated heterocycles. The molecular formula is C18H21ClN2O6. The highest BCUT2D eigenvalue weighted by molar-refractivity contribution is 6.31. The highest BCUT2D eigenvalue weighted by Crippen LogP contribution is 2.35. The van der Waals surface area contributed by atoms with Gasteiger partial charge in [0.15, 0.2) is 0 Å². The molecule has 1 aromatic carbocycles. The van der Waals surface area contributed by atoms with E-state index >= 15 is 0 Å². The number of anilines is 1. The molecule has 2 fully saturated rings. The van der Waals surface area contributed by atoms with Crippen LogP contribution in [-0.4, -0.2) is 67.2 Å². The Balaban J connectivity index is 1.71. The van der Waals surface area contributed by atoms with E-state index in [-0.39, 0.29) is 44.4 Å². The van der Waals surface area contributed by atoms with E-state index in [0.29, 0.717) is 23.0 Å². The summed E-state index contributed by atoms with van der Waals surface area (Å²) in [5.74, 6) is -1.29. The maximum atomic E-state index is 12.9. The number of morpholine rings is 1. The minimum atomic E-state index is -0.968. The van der Waals surface area contributed by atoms with E-state index in [1.54, 1.807) is 23.1 Å². The molecule has 0 saturated carbocycles. The van der Waals surface area contributed by atoms with Crippen molar-refractivity contribution in [3.05, 3.63) is 23.2 Å². The Bertz CT molecular complexity index is 755. The molecular weight excluding hydrogens is 376 g/mol. The number of halogens is 1. The molecule has 0 aliphatic carbocycles. The Hall–Kier alpha value is -2.32. The number of nitrogens with zero attached hydrogens (tertiary/aromatic N) is 2. The summed E-state index contributed by atoms with van der Waals surface area (Å²) in [5.41, 5.74) is 0.538. The lowest BCUT2D eigenvalue weighted by Crippen LogP contribution is -2.48. The standard InChI is InChI=1S/C18H21ClN2O6/c1-26-15-3-2-12(19)7-14(15)21-9-11(6-16(21)22)18(25)20-4-5-27-13(10-20)8-17(23)24/h2-3,7,11,13H,4-6,8-10H2,1H3,(H,23,24)/t11-,13+/m1/s1. The number of aliphatic carboxylic acids is 1. The number of carboxylic acid groups (broad SMARTS) is 1. The number of amides is 2. The molecule has 0 unspecified atom stereocenters. The van der Waals surface area contributed by atoms with Crippen LogP contribution in [0.2, 0.25) is 5.02 Å². The molecule has 2 atom stereocenters. The molecule has 9 heteroatoms. The number of carbonyl (C=O) groups excluding carboxylic acids is 2. The van der Waals surface area contributed by atoms with Gasteiger partial charge in [-0.3, -0.25) is 14.4 Å². The minimum absolute atomic E-state index is 0.0927. The van der Waals surface area contributed by atoms with E-state index in [4.69, 9.17) is 26.2 Å². The molecule has 8 nitrogen and oxygen atoms in total. The van der Waals surface area contributed by atoms with E-state index in [0.717, 1.165) is 0 Å². The molecule has 1 N–H and O–H groups in total. The van der Waals surface area contributed by atoms with Gasteiger partial charge in [0, 0.05) is 31.1 Å². The van der Waals surface area contributed by atoms with Gasteiger partial charge in [0.2, 0.25) is 11.8 Å². The average molecular weight is 397 g/mol. The van der Waals surface area contributed by atoms with Crippen molar-refractivity contribution in [2.24, 2.45) is 5.92 Å². The lowest BCUT2D eigenvalue weighted by molar-refractivity contribution is -0.149. The summed E-state index contributed by atoms with van der Waals surface area (Å²) in [6.07, 6.45) is -0.587. The molecule has 0 spiro atoms. The summed E-state index contributed by atoms with van der Waals surface area (Å²) in [6.45, 7) is 1.13. The first-order valence-corrected chi connectivity index (χ1v) is 9.03. The fourth-order valence-electron chi connectivity index (χ4n) is 3.48. The molecule has 146 valence electrons. The second-order valence-corrected chi connectivity index (χ2v) is 7.03. The zero-order valence-corrected chi connectivity index (χ0v) is 15.6. The van der Waals surface area contributed by atoms with Gasteiger partial charge in [-0.1, -0.05) is 11.6 Å². The van der Waals surface area contributed by atoms with Gasteiger partial charge in [0.05, 0.1) is 37.8 Å². The van der Waals surface area contributed by atoms with Crippen LogP contribution in [-0.2, 0) is 19.1 Å². The molecule has 0 aromatic heterocycles. The van der Waals surface area contributed by atoms with Crippen molar-refractivity contribution in [1.29, 1.82) is 0 Å². The molecule has 0 radical (unpaired) electrons. The van der Waals surface area contributed by atoms with Crippen LogP contribution in [0.5, 0.6) is 5.75 Å². The fourth-order valence-corrected chi connectivity index (χ4v) is 3.64. The van der Waals surface area contributed by atoms with Crippen LogP contribution in [0.3, 0.4) is 0 Å². The summed E-state index contributed by atoms with van der Waals surface area (Å²) < 4.78 is 10.7. The summed E-state index contributed by atoms with van der Waals surface area (Å²) in [5, 5.41) is 9.38. The SMILES string of the molecule is COc1ccc(Cl)cc1N1C[C@H](C(=O)N2CCO[C@@H](CC(=O)O)C2)CC1=O. The molecule has 2 amide bonds. The highest BCUT2D eigenvalue weighted by atomic mass is 35.5. The summed E-state index contributed by atoms with van der Waals surface area (Å²) in [6, 6.07) is 4.99. The van der Waals surface area contributed by atoms with Crippen molar-refractivity contribution in [2.45, 2.75) is 18.9 Å². The first kappa shape index (κ1) is 19.4. The number of ether oxygens (including phenoxy) is 2. The summed E-state index contributed by atoms with van der Waals surface area (Å²) >= 11 is 6.05. The van der Waals surface area contributed by atoms with Crippen molar-refractivity contribution in [1.82, 2.24) is 4.90 Å². The fraction of sp³-hybridized carbons (Fsp3) is 0.500. The first-order chi connectivity index (χ1) is 12.9. The summed E-state index contributed by atoms with van der Waals surface area (Å²) in [4.78, 5) is 39.4. The lowest BCUT2D eigenvalue weighted by Gasteiger charge is -2.33. The predicted octanol–water partition coefficient (Wildman–Crippen LogP) is 1.40. The summed E-state index contributed by atoms with van der Waals surface area (Å²) in [7, 11) is 1.51. The van der Waals surface area contributed by atoms with Crippen molar-refractivity contribution in [3.63, 3.8) is 0 Å².